The molecular formula is C22H46N2O4. The van der Waals surface area contributed by atoms with Gasteiger partial charge in [-0.05, 0) is 36.6 Å². The molecule has 6 nitrogen and oxygen atoms in total. The molecule has 0 spiro atoms. The standard InChI is InChI=1S/C22H46N2O4/c1-20(2,3)18-22(7,21(4,5)6)19(25)24-11-9-13-27-15-17-28-16-14-26-12-8-10-23/h8-18,23H2,1-7H3,(H,24,25). The molecule has 0 aliphatic rings. The number of nitrogens with two attached hydrogens (primary N) is 1. The molecule has 0 fully saturated rings. The molecule has 1 amide bonds. The van der Waals surface area contributed by atoms with Gasteiger partial charge < -0.3 is 25.3 Å². The average Bonchev–Trinajstić information content (AvgIpc) is 2.56. The highest BCUT2D eigenvalue weighted by Crippen LogP contribution is 2.46. The predicted octanol–water partition coefficient (Wildman–Crippen LogP) is 3.38. The summed E-state index contributed by atoms with van der Waals surface area (Å²) in [5, 5.41) is 3.11. The van der Waals surface area contributed by atoms with Crippen LogP contribution in [0.3, 0.4) is 0 Å². The summed E-state index contributed by atoms with van der Waals surface area (Å²) in [5.41, 5.74) is 4.97. The molecule has 0 aromatic rings. The summed E-state index contributed by atoms with van der Waals surface area (Å²) in [6.07, 6.45) is 2.52. The summed E-state index contributed by atoms with van der Waals surface area (Å²) < 4.78 is 16.3. The van der Waals surface area contributed by atoms with E-state index in [1.54, 1.807) is 0 Å². The second-order valence-corrected chi connectivity index (χ2v) is 9.91. The Morgan fingerprint density at radius 2 is 1.25 bits per heavy atom. The van der Waals surface area contributed by atoms with Crippen molar-refractivity contribution in [2.24, 2.45) is 22.0 Å². The number of ether oxygens (including phenoxy) is 3. The van der Waals surface area contributed by atoms with E-state index in [0.717, 1.165) is 19.3 Å². The van der Waals surface area contributed by atoms with Crippen molar-refractivity contribution in [3.63, 3.8) is 0 Å². The molecule has 0 aliphatic heterocycles. The van der Waals surface area contributed by atoms with Gasteiger partial charge in [0.2, 0.25) is 5.91 Å². The van der Waals surface area contributed by atoms with E-state index >= 15 is 0 Å². The second-order valence-electron chi connectivity index (χ2n) is 9.91. The fraction of sp³-hybridized carbons (Fsp3) is 0.955. The molecule has 0 aromatic carbocycles. The van der Waals surface area contributed by atoms with E-state index in [9.17, 15) is 4.79 Å². The third kappa shape index (κ3) is 12.0. The van der Waals surface area contributed by atoms with Crippen LogP contribution >= 0.6 is 0 Å². The lowest BCUT2D eigenvalue weighted by molar-refractivity contribution is -0.138. The lowest BCUT2D eigenvalue weighted by atomic mass is 9.61. The molecule has 6 heteroatoms. The van der Waals surface area contributed by atoms with Crippen LogP contribution in [-0.4, -0.2) is 58.6 Å². The molecule has 0 aliphatic carbocycles. The lowest BCUT2D eigenvalue weighted by Crippen LogP contribution is -2.49. The van der Waals surface area contributed by atoms with Crippen molar-refractivity contribution in [1.29, 1.82) is 0 Å². The molecule has 28 heavy (non-hydrogen) atoms. The first-order valence-corrected chi connectivity index (χ1v) is 10.7. The molecule has 168 valence electrons. The van der Waals surface area contributed by atoms with Crippen LogP contribution in [0.4, 0.5) is 0 Å². The van der Waals surface area contributed by atoms with Crippen LogP contribution in [0.25, 0.3) is 0 Å². The Morgan fingerprint density at radius 3 is 1.68 bits per heavy atom. The molecule has 0 heterocycles. The minimum atomic E-state index is -0.411. The first-order chi connectivity index (χ1) is 12.9. The Bertz CT molecular complexity index is 416. The number of carbonyl (C=O) groups is 1. The van der Waals surface area contributed by atoms with Crippen molar-refractivity contribution in [3.05, 3.63) is 0 Å². The smallest absolute Gasteiger partial charge is 0.226 e. The molecule has 0 saturated heterocycles. The van der Waals surface area contributed by atoms with Gasteiger partial charge in [-0.2, -0.15) is 0 Å². The third-order valence-corrected chi connectivity index (χ3v) is 5.03. The largest absolute Gasteiger partial charge is 0.379 e. The van der Waals surface area contributed by atoms with E-state index < -0.39 is 5.41 Å². The number of amides is 1. The summed E-state index contributed by atoms with van der Waals surface area (Å²) in [6, 6.07) is 0. The average molecular weight is 403 g/mol. The number of nitrogens with one attached hydrogen (secondary N) is 1. The lowest BCUT2D eigenvalue weighted by Gasteiger charge is -2.44. The van der Waals surface area contributed by atoms with Crippen molar-refractivity contribution in [2.75, 3.05) is 52.7 Å². The van der Waals surface area contributed by atoms with Crippen LogP contribution in [0.5, 0.6) is 0 Å². The van der Waals surface area contributed by atoms with Gasteiger partial charge in [-0.15, -0.1) is 0 Å². The molecular weight excluding hydrogens is 356 g/mol. The van der Waals surface area contributed by atoms with Gasteiger partial charge >= 0.3 is 0 Å². The maximum Gasteiger partial charge on any atom is 0.226 e. The summed E-state index contributed by atoms with van der Waals surface area (Å²) in [4.78, 5) is 12.9. The summed E-state index contributed by atoms with van der Waals surface area (Å²) in [5.74, 6) is 0.132. The maximum absolute atomic E-state index is 12.9. The SMILES string of the molecule is CC(C)(C)CC(C)(C(=O)NCCCOCCOCCOCCCN)C(C)(C)C. The Balaban J connectivity index is 3.90. The summed E-state index contributed by atoms with van der Waals surface area (Å²) in [7, 11) is 0. The number of rotatable bonds is 15. The third-order valence-electron chi connectivity index (χ3n) is 5.03. The van der Waals surface area contributed by atoms with E-state index in [1.807, 2.05) is 0 Å². The highest BCUT2D eigenvalue weighted by Gasteiger charge is 2.46. The number of carbonyl (C=O) groups excluding carboxylic acids is 1. The van der Waals surface area contributed by atoms with Crippen molar-refractivity contribution < 1.29 is 19.0 Å². The highest BCUT2D eigenvalue weighted by atomic mass is 16.5. The van der Waals surface area contributed by atoms with Crippen LogP contribution in [0.2, 0.25) is 0 Å². The first kappa shape index (κ1) is 27.3. The zero-order valence-corrected chi connectivity index (χ0v) is 19.5. The maximum atomic E-state index is 12.9. The fourth-order valence-electron chi connectivity index (χ4n) is 3.05. The van der Waals surface area contributed by atoms with E-state index in [0.29, 0.717) is 52.7 Å². The molecule has 0 rings (SSSR count). The zero-order chi connectivity index (χ0) is 21.7. The molecule has 0 radical (unpaired) electrons. The topological polar surface area (TPSA) is 82.8 Å². The van der Waals surface area contributed by atoms with Gasteiger partial charge in [-0.1, -0.05) is 48.5 Å². The monoisotopic (exact) mass is 402 g/mol. The van der Waals surface area contributed by atoms with Crippen molar-refractivity contribution in [1.82, 2.24) is 5.32 Å². The van der Waals surface area contributed by atoms with Gasteiger partial charge in [0.25, 0.3) is 0 Å². The molecule has 0 aromatic heterocycles. The van der Waals surface area contributed by atoms with Crippen molar-refractivity contribution in [2.45, 2.75) is 67.7 Å². The van der Waals surface area contributed by atoms with E-state index in [4.69, 9.17) is 19.9 Å². The van der Waals surface area contributed by atoms with Gasteiger partial charge in [0.05, 0.1) is 31.8 Å². The molecule has 3 N–H and O–H groups in total. The van der Waals surface area contributed by atoms with Gasteiger partial charge in [-0.3, -0.25) is 4.79 Å². The number of hydrogen-bond acceptors (Lipinski definition) is 5. The fourth-order valence-corrected chi connectivity index (χ4v) is 3.05. The van der Waals surface area contributed by atoms with Gasteiger partial charge in [-0.25, -0.2) is 0 Å². The van der Waals surface area contributed by atoms with Crippen LogP contribution in [-0.2, 0) is 19.0 Å². The first-order valence-electron chi connectivity index (χ1n) is 10.7. The van der Waals surface area contributed by atoms with E-state index in [-0.39, 0.29) is 16.7 Å². The second kappa shape index (κ2) is 13.5. The van der Waals surface area contributed by atoms with Gasteiger partial charge in [0, 0.05) is 19.8 Å². The van der Waals surface area contributed by atoms with E-state index in [1.165, 1.54) is 0 Å². The van der Waals surface area contributed by atoms with E-state index in [2.05, 4.69) is 53.8 Å². The van der Waals surface area contributed by atoms with Crippen LogP contribution in [0.1, 0.15) is 67.7 Å². The normalized spacial score (nSPS) is 14.7. The van der Waals surface area contributed by atoms with Gasteiger partial charge in [0.15, 0.2) is 0 Å². The molecule has 0 bridgehead atoms. The molecule has 1 atom stereocenters. The summed E-state index contributed by atoms with van der Waals surface area (Å²) >= 11 is 0. The van der Waals surface area contributed by atoms with Crippen LogP contribution in [0, 0.1) is 16.2 Å². The predicted molar refractivity (Wildman–Crippen MR) is 115 cm³/mol. The minimum Gasteiger partial charge on any atom is -0.379 e. The highest BCUT2D eigenvalue weighted by molar-refractivity contribution is 5.83. The zero-order valence-electron chi connectivity index (χ0n) is 19.5. The number of hydrogen-bond donors (Lipinski definition) is 2. The summed E-state index contributed by atoms with van der Waals surface area (Å²) in [6.45, 7) is 19.9. The minimum absolute atomic E-state index is 0.0952. The molecule has 1 unspecified atom stereocenters. The van der Waals surface area contributed by atoms with Crippen LogP contribution in [0.15, 0.2) is 0 Å². The molecule has 0 saturated carbocycles. The van der Waals surface area contributed by atoms with Crippen molar-refractivity contribution in [3.8, 4) is 0 Å². The Hall–Kier alpha value is -0.690. The Morgan fingerprint density at radius 1 is 0.786 bits per heavy atom. The quantitative estimate of drug-likeness (QED) is 0.410. The van der Waals surface area contributed by atoms with Crippen molar-refractivity contribution >= 4 is 5.91 Å². The van der Waals surface area contributed by atoms with Gasteiger partial charge in [0.1, 0.15) is 0 Å². The van der Waals surface area contributed by atoms with Crippen LogP contribution < -0.4 is 11.1 Å². The Labute approximate surface area is 173 Å². The Kier molecular flexibility index (Phi) is 13.2.